The van der Waals surface area contributed by atoms with Crippen LogP contribution in [0.25, 0.3) is 11.1 Å². The number of phenols is 1. The van der Waals surface area contributed by atoms with Gasteiger partial charge in [0.05, 0.1) is 11.6 Å². The predicted molar refractivity (Wildman–Crippen MR) is 156 cm³/mol. The van der Waals surface area contributed by atoms with Gasteiger partial charge in [0, 0.05) is 11.5 Å². The highest BCUT2D eigenvalue weighted by Gasteiger charge is 2.63. The minimum atomic E-state index is -2.60. The maximum absolute atomic E-state index is 13.1. The van der Waals surface area contributed by atoms with E-state index in [1.54, 1.807) is 26.2 Å². The largest absolute Gasteiger partial charge is 0.510 e. The van der Waals surface area contributed by atoms with Crippen LogP contribution in [0.5, 0.6) is 5.75 Å². The van der Waals surface area contributed by atoms with Crippen LogP contribution in [0.4, 0.5) is 0 Å². The average molecular weight is 569 g/mol. The fraction of sp³-hybridized carbons (Fsp3) is 0.242. The second-order valence-corrected chi connectivity index (χ2v) is 11.0. The van der Waals surface area contributed by atoms with Crippen LogP contribution in [0, 0.1) is 11.8 Å². The fourth-order valence-corrected chi connectivity index (χ4v) is 6.45. The van der Waals surface area contributed by atoms with E-state index in [2.05, 4.69) is 48.5 Å². The zero-order chi connectivity index (χ0) is 30.3. The SMILES string of the molecule is CN(C)[C@@H]1C(O)=C(C(N)=O)C(=O)[C@@]2(O)C(O)=C3C(=O)c4c(O)cccc4C[C@H]3C[C@@H]12.c1ccc(-c2ccccc2)cc1. The lowest BCUT2D eigenvalue weighted by atomic mass is 9.58. The Bertz CT molecular complexity index is 1590. The Balaban J connectivity index is 0.000000244. The first kappa shape index (κ1) is 28.8. The molecule has 0 aliphatic heterocycles. The number of fused-ring (bicyclic) bond motifs is 3. The maximum atomic E-state index is 13.1. The smallest absolute Gasteiger partial charge is 0.255 e. The first-order valence-electron chi connectivity index (χ1n) is 13.5. The van der Waals surface area contributed by atoms with Crippen LogP contribution in [-0.2, 0) is 16.0 Å². The number of carbonyl (C=O) groups is 3. The Morgan fingerprint density at radius 3 is 1.98 bits per heavy atom. The van der Waals surface area contributed by atoms with Gasteiger partial charge in [0.25, 0.3) is 5.91 Å². The molecule has 0 aromatic heterocycles. The molecule has 0 bridgehead atoms. The molecule has 1 amide bonds. The lowest BCUT2D eigenvalue weighted by molar-refractivity contribution is -0.148. The number of likely N-dealkylation sites (N-methyl/N-ethyl adjacent to an activating group) is 1. The number of Topliss-reactive ketones (excluding diaryl/α,β-unsaturated/α-hetero) is 2. The second-order valence-electron chi connectivity index (χ2n) is 11.0. The van der Waals surface area contributed by atoms with Gasteiger partial charge < -0.3 is 26.2 Å². The number of nitrogens with two attached hydrogens (primary N) is 1. The number of nitrogens with zero attached hydrogens (tertiary/aromatic N) is 1. The van der Waals surface area contributed by atoms with Crippen molar-refractivity contribution < 1.29 is 34.8 Å². The molecule has 9 nitrogen and oxygen atoms in total. The van der Waals surface area contributed by atoms with Crippen molar-refractivity contribution in [3.05, 3.63) is 113 Å². The quantitative estimate of drug-likeness (QED) is 0.300. The Labute approximate surface area is 242 Å². The van der Waals surface area contributed by atoms with E-state index >= 15 is 0 Å². The van der Waals surface area contributed by atoms with E-state index in [0.717, 1.165) is 0 Å². The highest BCUT2D eigenvalue weighted by atomic mass is 16.3. The minimum absolute atomic E-state index is 0.0123. The zero-order valence-corrected chi connectivity index (χ0v) is 23.2. The van der Waals surface area contributed by atoms with E-state index in [4.69, 9.17) is 5.73 Å². The number of benzene rings is 3. The molecular formula is C33H32N2O7. The minimum Gasteiger partial charge on any atom is -0.510 e. The Morgan fingerprint density at radius 1 is 0.881 bits per heavy atom. The highest BCUT2D eigenvalue weighted by Crippen LogP contribution is 2.52. The standard InChI is InChI=1S/C21H22N2O7.C12H10/c1-23(2)15-10-7-9-6-8-4-3-5-11(24)12(8)16(25)13(9)18(27)21(10,30)19(28)14(17(15)26)20(22)29;1-3-7-11(8-4-1)12-9-5-2-6-10-12/h3-5,9-10,15,24,26-27,30H,6-7H2,1-2H3,(H2,22,29);1-10H/t9-,10-,15-,21-;/m0./s1. The molecule has 3 aromatic carbocycles. The summed E-state index contributed by atoms with van der Waals surface area (Å²) in [5.41, 5.74) is 4.86. The van der Waals surface area contributed by atoms with Gasteiger partial charge in [0.2, 0.25) is 5.78 Å². The summed E-state index contributed by atoms with van der Waals surface area (Å²) in [5, 5.41) is 43.2. The van der Waals surface area contributed by atoms with Crippen molar-refractivity contribution in [3.63, 3.8) is 0 Å². The van der Waals surface area contributed by atoms with Crippen LogP contribution in [0.2, 0.25) is 0 Å². The van der Waals surface area contributed by atoms with Gasteiger partial charge >= 0.3 is 0 Å². The first-order valence-corrected chi connectivity index (χ1v) is 13.5. The first-order chi connectivity index (χ1) is 20.0. The van der Waals surface area contributed by atoms with Crippen molar-refractivity contribution in [1.29, 1.82) is 0 Å². The summed E-state index contributed by atoms with van der Waals surface area (Å²) in [6, 6.07) is 24.4. The molecule has 0 heterocycles. The van der Waals surface area contributed by atoms with E-state index in [9.17, 15) is 34.8 Å². The van der Waals surface area contributed by atoms with Gasteiger partial charge in [-0.1, -0.05) is 72.8 Å². The van der Waals surface area contributed by atoms with Crippen molar-refractivity contribution in [1.82, 2.24) is 4.90 Å². The van der Waals surface area contributed by atoms with Gasteiger partial charge in [0.15, 0.2) is 11.4 Å². The number of phenolic OH excluding ortho intramolecular Hbond substituents is 1. The molecule has 42 heavy (non-hydrogen) atoms. The number of aliphatic hydroxyl groups excluding tert-OH is 2. The fourth-order valence-electron chi connectivity index (χ4n) is 6.45. The molecule has 6 rings (SSSR count). The van der Waals surface area contributed by atoms with Crippen LogP contribution in [0.15, 0.2) is 102 Å². The third-order valence-electron chi connectivity index (χ3n) is 8.34. The lowest BCUT2D eigenvalue weighted by Gasteiger charge is -2.50. The van der Waals surface area contributed by atoms with Crippen molar-refractivity contribution >= 4 is 17.5 Å². The molecule has 0 saturated heterocycles. The molecular weight excluding hydrogens is 536 g/mol. The molecule has 9 heteroatoms. The van der Waals surface area contributed by atoms with Gasteiger partial charge in [-0.2, -0.15) is 0 Å². The highest BCUT2D eigenvalue weighted by molar-refractivity contribution is 6.24. The molecule has 0 spiro atoms. The number of aliphatic hydroxyl groups is 3. The normalized spacial score (nSPS) is 24.8. The molecule has 0 saturated carbocycles. The van der Waals surface area contributed by atoms with Gasteiger partial charge in [-0.15, -0.1) is 0 Å². The third-order valence-corrected chi connectivity index (χ3v) is 8.34. The van der Waals surface area contributed by atoms with Crippen molar-refractivity contribution in [3.8, 4) is 16.9 Å². The zero-order valence-electron chi connectivity index (χ0n) is 23.2. The van der Waals surface area contributed by atoms with E-state index in [-0.39, 0.29) is 23.3 Å². The summed E-state index contributed by atoms with van der Waals surface area (Å²) in [5.74, 6) is -6.42. The van der Waals surface area contributed by atoms with Crippen molar-refractivity contribution in [2.75, 3.05) is 14.1 Å². The number of carbonyl (C=O) groups excluding carboxylic acids is 3. The summed E-state index contributed by atoms with van der Waals surface area (Å²) in [7, 11) is 3.18. The van der Waals surface area contributed by atoms with Crippen LogP contribution < -0.4 is 5.73 Å². The number of amides is 1. The Morgan fingerprint density at radius 2 is 1.45 bits per heavy atom. The molecule has 0 unspecified atom stereocenters. The van der Waals surface area contributed by atoms with E-state index in [1.165, 1.54) is 22.1 Å². The molecule has 6 N–H and O–H groups in total. The molecule has 0 radical (unpaired) electrons. The number of primary amides is 1. The lowest BCUT2D eigenvalue weighted by Crippen LogP contribution is -2.63. The average Bonchev–Trinajstić information content (AvgIpc) is 2.96. The molecule has 216 valence electrons. The summed E-state index contributed by atoms with van der Waals surface area (Å²) < 4.78 is 0. The summed E-state index contributed by atoms with van der Waals surface area (Å²) in [6.45, 7) is 0. The number of ketones is 2. The predicted octanol–water partition coefficient (Wildman–Crippen LogP) is 3.47. The van der Waals surface area contributed by atoms with Crippen LogP contribution in [-0.4, -0.2) is 68.5 Å². The third kappa shape index (κ3) is 4.56. The summed E-state index contributed by atoms with van der Waals surface area (Å²) in [6.07, 6.45) is 0.379. The molecule has 0 fully saturated rings. The topological polar surface area (TPSA) is 161 Å². The second kappa shape index (κ2) is 10.9. The number of aromatic hydroxyl groups is 1. The molecule has 3 aliphatic rings. The van der Waals surface area contributed by atoms with Gasteiger partial charge in [-0.25, -0.2) is 0 Å². The number of hydrogen-bond donors (Lipinski definition) is 5. The Kier molecular flexibility index (Phi) is 7.49. The maximum Gasteiger partial charge on any atom is 0.255 e. The Hall–Kier alpha value is -4.73. The van der Waals surface area contributed by atoms with E-state index in [1.807, 2.05) is 12.1 Å². The van der Waals surface area contributed by atoms with Crippen LogP contribution in [0.3, 0.4) is 0 Å². The van der Waals surface area contributed by atoms with Gasteiger partial charge in [0.1, 0.15) is 22.8 Å². The van der Waals surface area contributed by atoms with Crippen molar-refractivity contribution in [2.24, 2.45) is 17.6 Å². The molecule has 3 aliphatic carbocycles. The summed E-state index contributed by atoms with van der Waals surface area (Å²) >= 11 is 0. The monoisotopic (exact) mass is 568 g/mol. The number of allylic oxidation sites excluding steroid dienone is 1. The van der Waals surface area contributed by atoms with Crippen LogP contribution >= 0.6 is 0 Å². The molecule has 4 atom stereocenters. The molecule has 3 aromatic rings. The number of hydrogen-bond acceptors (Lipinski definition) is 8. The summed E-state index contributed by atoms with van der Waals surface area (Å²) in [4.78, 5) is 39.6. The van der Waals surface area contributed by atoms with Gasteiger partial charge in [-0.3, -0.25) is 19.3 Å². The van der Waals surface area contributed by atoms with E-state index in [0.29, 0.717) is 12.0 Å². The van der Waals surface area contributed by atoms with Crippen molar-refractivity contribution in [2.45, 2.75) is 24.5 Å². The van der Waals surface area contributed by atoms with E-state index < -0.39 is 58.0 Å². The number of rotatable bonds is 3. The van der Waals surface area contributed by atoms with Gasteiger partial charge in [-0.05, 0) is 55.6 Å². The van der Waals surface area contributed by atoms with Crippen LogP contribution in [0.1, 0.15) is 22.3 Å².